The van der Waals surface area contributed by atoms with Crippen LogP contribution in [0.15, 0.2) is 18.2 Å². The van der Waals surface area contributed by atoms with Gasteiger partial charge in [0.1, 0.15) is 5.75 Å². The molecule has 1 saturated carbocycles. The summed E-state index contributed by atoms with van der Waals surface area (Å²) in [5.41, 5.74) is 0.0858. The van der Waals surface area contributed by atoms with Crippen molar-refractivity contribution in [2.75, 3.05) is 19.0 Å². The minimum absolute atomic E-state index is 0.0823. The van der Waals surface area contributed by atoms with Gasteiger partial charge in [0.2, 0.25) is 5.91 Å². The molecule has 26 heavy (non-hydrogen) atoms. The predicted molar refractivity (Wildman–Crippen MR) is 88.1 cm³/mol. The second-order valence-electron chi connectivity index (χ2n) is 6.16. The number of carbonyl (C=O) groups excluding carboxylic acids is 1. The highest BCUT2D eigenvalue weighted by atomic mass is 19.4. The van der Waals surface area contributed by atoms with Crippen molar-refractivity contribution in [1.29, 1.82) is 0 Å². The smallest absolute Gasteiger partial charge is 0.391 e. The van der Waals surface area contributed by atoms with E-state index in [4.69, 9.17) is 4.74 Å². The number of methoxy groups -OCH3 is 1. The van der Waals surface area contributed by atoms with Gasteiger partial charge >= 0.3 is 6.18 Å². The van der Waals surface area contributed by atoms with E-state index in [1.54, 1.807) is 0 Å². The van der Waals surface area contributed by atoms with Crippen LogP contribution >= 0.6 is 0 Å². The summed E-state index contributed by atoms with van der Waals surface area (Å²) < 4.78 is 43.5. The minimum Gasteiger partial charge on any atom is -0.495 e. The SMILES string of the molecule is COc1ccc([N+](=O)[O-])cc1NCC(=O)N[C@H]1CCC[C@@H](C(F)(F)F)C1. The van der Waals surface area contributed by atoms with Gasteiger partial charge in [-0.1, -0.05) is 6.42 Å². The molecular weight excluding hydrogens is 355 g/mol. The van der Waals surface area contributed by atoms with Crippen LogP contribution in [0.3, 0.4) is 0 Å². The average Bonchev–Trinajstić information content (AvgIpc) is 2.59. The van der Waals surface area contributed by atoms with Gasteiger partial charge in [-0.25, -0.2) is 0 Å². The third-order valence-electron chi connectivity index (χ3n) is 4.34. The maximum atomic E-state index is 12.8. The first kappa shape index (κ1) is 19.8. The summed E-state index contributed by atoms with van der Waals surface area (Å²) in [7, 11) is 1.38. The molecule has 1 fully saturated rings. The van der Waals surface area contributed by atoms with Crippen molar-refractivity contribution in [3.05, 3.63) is 28.3 Å². The van der Waals surface area contributed by atoms with Gasteiger partial charge in [-0.2, -0.15) is 13.2 Å². The first-order valence-electron chi connectivity index (χ1n) is 8.13. The van der Waals surface area contributed by atoms with Crippen LogP contribution in [0.5, 0.6) is 5.75 Å². The van der Waals surface area contributed by atoms with Crippen LogP contribution in [0.1, 0.15) is 25.7 Å². The summed E-state index contributed by atoms with van der Waals surface area (Å²) in [6, 6.07) is 3.36. The molecule has 0 heterocycles. The number of nitrogens with one attached hydrogen (secondary N) is 2. The Balaban J connectivity index is 1.92. The molecule has 10 heteroatoms. The second kappa shape index (κ2) is 8.24. The number of benzene rings is 1. The van der Waals surface area contributed by atoms with Crippen molar-refractivity contribution in [3.63, 3.8) is 0 Å². The van der Waals surface area contributed by atoms with E-state index in [0.717, 1.165) is 0 Å². The molecule has 2 atom stereocenters. The summed E-state index contributed by atoms with van der Waals surface area (Å²) in [6.07, 6.45) is -3.40. The number of nitro groups is 1. The Morgan fingerprint density at radius 2 is 2.12 bits per heavy atom. The number of amides is 1. The van der Waals surface area contributed by atoms with Crippen LogP contribution in [0.4, 0.5) is 24.5 Å². The highest BCUT2D eigenvalue weighted by Gasteiger charge is 2.42. The maximum Gasteiger partial charge on any atom is 0.391 e. The molecule has 0 bridgehead atoms. The fraction of sp³-hybridized carbons (Fsp3) is 0.562. The molecule has 7 nitrogen and oxygen atoms in total. The fourth-order valence-electron chi connectivity index (χ4n) is 3.02. The Morgan fingerprint density at radius 1 is 1.38 bits per heavy atom. The van der Waals surface area contributed by atoms with Crippen molar-refractivity contribution < 1.29 is 27.6 Å². The summed E-state index contributed by atoms with van der Waals surface area (Å²) >= 11 is 0. The number of anilines is 1. The Hall–Kier alpha value is -2.52. The topological polar surface area (TPSA) is 93.5 Å². The van der Waals surface area contributed by atoms with Gasteiger partial charge in [0, 0.05) is 18.2 Å². The van der Waals surface area contributed by atoms with E-state index in [9.17, 15) is 28.1 Å². The van der Waals surface area contributed by atoms with Gasteiger partial charge in [-0.15, -0.1) is 0 Å². The quantitative estimate of drug-likeness (QED) is 0.588. The van der Waals surface area contributed by atoms with Gasteiger partial charge in [0.15, 0.2) is 0 Å². The predicted octanol–water partition coefficient (Wildman–Crippen LogP) is 3.25. The van der Waals surface area contributed by atoms with E-state index in [-0.39, 0.29) is 30.8 Å². The molecule has 0 spiro atoms. The second-order valence-corrected chi connectivity index (χ2v) is 6.16. The lowest BCUT2D eigenvalue weighted by molar-refractivity contribution is -0.384. The standard InChI is InChI=1S/C16H20F3N3O4/c1-26-14-6-5-12(22(24)25)8-13(14)20-9-15(23)21-11-4-2-3-10(7-11)16(17,18)19/h5-6,8,10-11,20H,2-4,7,9H2,1H3,(H,21,23)/t10-,11+/m1/s1. The number of alkyl halides is 3. The average molecular weight is 375 g/mol. The Bertz CT molecular complexity index is 667. The number of halogens is 3. The number of rotatable bonds is 6. The third kappa shape index (κ3) is 5.24. The largest absolute Gasteiger partial charge is 0.495 e. The van der Waals surface area contributed by atoms with Crippen molar-refractivity contribution in [2.24, 2.45) is 5.92 Å². The molecule has 0 radical (unpaired) electrons. The fourth-order valence-corrected chi connectivity index (χ4v) is 3.02. The van der Waals surface area contributed by atoms with Crippen LogP contribution in [-0.2, 0) is 4.79 Å². The van der Waals surface area contributed by atoms with E-state index in [0.29, 0.717) is 18.6 Å². The normalized spacial score (nSPS) is 20.3. The minimum atomic E-state index is -4.25. The Morgan fingerprint density at radius 3 is 2.73 bits per heavy atom. The first-order valence-corrected chi connectivity index (χ1v) is 8.13. The van der Waals surface area contributed by atoms with Crippen LogP contribution < -0.4 is 15.4 Å². The lowest BCUT2D eigenvalue weighted by Gasteiger charge is -2.31. The molecule has 0 unspecified atom stereocenters. The van der Waals surface area contributed by atoms with Gasteiger partial charge in [-0.3, -0.25) is 14.9 Å². The van der Waals surface area contributed by atoms with E-state index in [2.05, 4.69) is 10.6 Å². The zero-order valence-corrected chi connectivity index (χ0v) is 14.1. The number of hydrogen-bond donors (Lipinski definition) is 2. The monoisotopic (exact) mass is 375 g/mol. The molecule has 1 aromatic carbocycles. The van der Waals surface area contributed by atoms with E-state index in [1.165, 1.54) is 25.3 Å². The number of non-ortho nitro benzene ring substituents is 1. The van der Waals surface area contributed by atoms with Gasteiger partial charge < -0.3 is 15.4 Å². The Kier molecular flexibility index (Phi) is 6.27. The third-order valence-corrected chi connectivity index (χ3v) is 4.34. The molecule has 0 aliphatic heterocycles. The van der Waals surface area contributed by atoms with Crippen molar-refractivity contribution >= 4 is 17.3 Å². The number of hydrogen-bond acceptors (Lipinski definition) is 5. The summed E-state index contributed by atoms with van der Waals surface area (Å²) in [5.74, 6) is -1.56. The van der Waals surface area contributed by atoms with Crippen molar-refractivity contribution in [2.45, 2.75) is 37.9 Å². The molecule has 2 N–H and O–H groups in total. The summed E-state index contributed by atoms with van der Waals surface area (Å²) in [6.45, 7) is -0.231. The molecular formula is C16H20F3N3O4. The zero-order chi connectivity index (χ0) is 19.3. The van der Waals surface area contributed by atoms with Crippen molar-refractivity contribution in [1.82, 2.24) is 5.32 Å². The van der Waals surface area contributed by atoms with Gasteiger partial charge in [-0.05, 0) is 25.3 Å². The number of ether oxygens (including phenoxy) is 1. The Labute approximate surface area is 148 Å². The maximum absolute atomic E-state index is 12.8. The number of nitro benzene ring substituents is 1. The molecule has 1 amide bonds. The molecule has 144 valence electrons. The highest BCUT2D eigenvalue weighted by molar-refractivity contribution is 5.81. The molecule has 2 rings (SSSR count). The van der Waals surface area contributed by atoms with Crippen LogP contribution in [0, 0.1) is 16.0 Å². The van der Waals surface area contributed by atoms with E-state index in [1.807, 2.05) is 0 Å². The molecule has 1 aromatic rings. The highest BCUT2D eigenvalue weighted by Crippen LogP contribution is 2.37. The molecule has 0 aromatic heterocycles. The van der Waals surface area contributed by atoms with Crippen LogP contribution in [0.25, 0.3) is 0 Å². The first-order chi connectivity index (χ1) is 12.2. The van der Waals surface area contributed by atoms with Crippen LogP contribution in [0.2, 0.25) is 0 Å². The van der Waals surface area contributed by atoms with E-state index < -0.39 is 29.0 Å². The van der Waals surface area contributed by atoms with Crippen molar-refractivity contribution in [3.8, 4) is 5.75 Å². The lowest BCUT2D eigenvalue weighted by Crippen LogP contribution is -2.43. The lowest BCUT2D eigenvalue weighted by atomic mass is 9.85. The summed E-state index contributed by atoms with van der Waals surface area (Å²) in [5, 5.41) is 16.1. The van der Waals surface area contributed by atoms with Gasteiger partial charge in [0.05, 0.1) is 30.2 Å². The molecule has 1 aliphatic rings. The number of nitrogens with zero attached hydrogens (tertiary/aromatic N) is 1. The summed E-state index contributed by atoms with van der Waals surface area (Å²) in [4.78, 5) is 22.3. The number of carbonyl (C=O) groups is 1. The van der Waals surface area contributed by atoms with E-state index >= 15 is 0 Å². The zero-order valence-electron chi connectivity index (χ0n) is 14.1. The van der Waals surface area contributed by atoms with Crippen LogP contribution in [-0.4, -0.2) is 36.7 Å². The molecule has 0 saturated heterocycles. The molecule has 1 aliphatic carbocycles. The van der Waals surface area contributed by atoms with Gasteiger partial charge in [0.25, 0.3) is 5.69 Å².